The fourth-order valence-corrected chi connectivity index (χ4v) is 8.62. The summed E-state index contributed by atoms with van der Waals surface area (Å²) in [5.74, 6) is -0.493. The van der Waals surface area contributed by atoms with Crippen LogP contribution in [0.2, 0.25) is 0 Å². The van der Waals surface area contributed by atoms with Crippen molar-refractivity contribution in [2.45, 2.75) is 84.0 Å². The maximum Gasteiger partial charge on any atom is 0.419 e. The molecule has 3 aliphatic heterocycles. The number of rotatable bonds is 13. The largest absolute Gasteiger partial charge is 0.492 e. The van der Waals surface area contributed by atoms with E-state index in [-0.39, 0.29) is 39.9 Å². The van der Waals surface area contributed by atoms with Gasteiger partial charge in [-0.05, 0) is 100 Å². The molecule has 4 heterocycles. The highest BCUT2D eigenvalue weighted by molar-refractivity contribution is 7.81. The number of imide groups is 1. The monoisotopic (exact) mass is 831 g/mol. The van der Waals surface area contributed by atoms with Crippen LogP contribution in [0.1, 0.15) is 75.4 Å². The first kappa shape index (κ1) is 43.3. The lowest BCUT2D eigenvalue weighted by molar-refractivity contribution is -0.138. The number of carbonyl (C=O) groups is 4. The zero-order valence-corrected chi connectivity index (χ0v) is 34.6. The van der Waals surface area contributed by atoms with Gasteiger partial charge in [-0.1, -0.05) is 31.2 Å². The van der Waals surface area contributed by atoms with Crippen LogP contribution < -0.4 is 19.9 Å². The van der Waals surface area contributed by atoms with Crippen molar-refractivity contribution in [1.82, 2.24) is 20.1 Å². The van der Waals surface area contributed by atoms with E-state index in [1.165, 1.54) is 6.07 Å². The average molecular weight is 832 g/mol. The molecule has 0 spiro atoms. The normalized spacial score (nSPS) is 19.8. The lowest BCUT2D eigenvalue weighted by Gasteiger charge is -2.47. The molecule has 1 aromatic heterocycles. The highest BCUT2D eigenvalue weighted by Gasteiger charge is 2.51. The predicted molar refractivity (Wildman–Crippen MR) is 219 cm³/mol. The number of ketones is 1. The number of ether oxygens (including phenoxy) is 1. The summed E-state index contributed by atoms with van der Waals surface area (Å²) in [5.41, 5.74) is -0.443. The zero-order chi connectivity index (χ0) is 42.9. The first-order valence-electron chi connectivity index (χ1n) is 19.6. The van der Waals surface area contributed by atoms with Gasteiger partial charge in [-0.2, -0.15) is 18.4 Å². The van der Waals surface area contributed by atoms with Crippen LogP contribution in [-0.2, 0) is 44.6 Å². The fourth-order valence-electron chi connectivity index (χ4n) is 8.10. The van der Waals surface area contributed by atoms with Crippen LogP contribution in [0.25, 0.3) is 0 Å². The lowest BCUT2D eigenvalue weighted by atomic mass is 9.90. The van der Waals surface area contributed by atoms with Gasteiger partial charge < -0.3 is 9.64 Å². The summed E-state index contributed by atoms with van der Waals surface area (Å²) in [5, 5.41) is 11.6. The third-order valence-electron chi connectivity index (χ3n) is 11.3. The van der Waals surface area contributed by atoms with Crippen molar-refractivity contribution in [2.24, 2.45) is 5.92 Å². The summed E-state index contributed by atoms with van der Waals surface area (Å²) < 4.78 is 47.5. The SMILES string of the molecule is CCc1cc(N2C(=S)N(c3cnc(C#N)c(C(F)(F)F)c3)C(=O)C2(C)C)ccc1OCCN1CCN(CC(=O)Cc2cccc(CC3CCC(=O)NC3=O)c2)C(C)(C)C1. The number of Topliss-reactive ketones (excluding diaryl/α,β-unsaturated/α-hetero) is 1. The number of carbonyl (C=O) groups excluding carboxylic acids is 4. The van der Waals surface area contributed by atoms with E-state index >= 15 is 0 Å². The van der Waals surface area contributed by atoms with Crippen LogP contribution in [0.5, 0.6) is 5.75 Å². The molecule has 1 atom stereocenters. The molecular formula is C43H48F3N7O5S. The molecule has 3 amide bonds. The molecule has 3 aromatic rings. The van der Waals surface area contributed by atoms with Gasteiger partial charge in [0.05, 0.1) is 24.0 Å². The molecule has 0 bridgehead atoms. The second-order valence-electron chi connectivity index (χ2n) is 16.4. The van der Waals surface area contributed by atoms with E-state index in [1.54, 1.807) is 24.8 Å². The van der Waals surface area contributed by atoms with Gasteiger partial charge >= 0.3 is 6.18 Å². The Kier molecular flexibility index (Phi) is 12.6. The summed E-state index contributed by atoms with van der Waals surface area (Å²) in [4.78, 5) is 61.6. The number of aromatic nitrogens is 1. The van der Waals surface area contributed by atoms with Crippen LogP contribution in [0, 0.1) is 17.2 Å². The Morgan fingerprint density at radius 3 is 2.47 bits per heavy atom. The van der Waals surface area contributed by atoms with Crippen molar-refractivity contribution in [1.29, 1.82) is 5.26 Å². The van der Waals surface area contributed by atoms with Crippen LogP contribution >= 0.6 is 12.2 Å². The van der Waals surface area contributed by atoms with Crippen molar-refractivity contribution in [2.75, 3.05) is 49.1 Å². The van der Waals surface area contributed by atoms with E-state index in [0.717, 1.165) is 46.9 Å². The number of halogens is 3. The molecule has 3 saturated heterocycles. The topological polar surface area (TPSA) is 139 Å². The first-order valence-corrected chi connectivity index (χ1v) is 20.1. The Morgan fingerprint density at radius 1 is 1.05 bits per heavy atom. The highest BCUT2D eigenvalue weighted by Crippen LogP contribution is 2.40. The van der Waals surface area contributed by atoms with Crippen LogP contribution in [0.3, 0.4) is 0 Å². The number of nitriles is 1. The average Bonchev–Trinajstić information content (AvgIpc) is 3.35. The number of amides is 3. The quantitative estimate of drug-likeness (QED) is 0.169. The number of nitrogens with zero attached hydrogens (tertiary/aromatic N) is 6. The Hall–Kier alpha value is -5.24. The van der Waals surface area contributed by atoms with Gasteiger partial charge in [0.2, 0.25) is 11.8 Å². The number of hydrogen-bond donors (Lipinski definition) is 1. The third kappa shape index (κ3) is 9.48. The van der Waals surface area contributed by atoms with Crippen LogP contribution in [0.4, 0.5) is 24.5 Å². The van der Waals surface area contributed by atoms with Gasteiger partial charge in [0.1, 0.15) is 24.0 Å². The van der Waals surface area contributed by atoms with E-state index in [4.69, 9.17) is 17.0 Å². The minimum Gasteiger partial charge on any atom is -0.492 e. The van der Waals surface area contributed by atoms with Crippen molar-refractivity contribution in [3.8, 4) is 11.8 Å². The zero-order valence-electron chi connectivity index (χ0n) is 33.8. The second-order valence-corrected chi connectivity index (χ2v) is 16.8. The molecule has 3 fully saturated rings. The van der Waals surface area contributed by atoms with Gasteiger partial charge in [-0.3, -0.25) is 39.2 Å². The molecule has 59 heavy (non-hydrogen) atoms. The Balaban J connectivity index is 1.03. The van der Waals surface area contributed by atoms with E-state index in [2.05, 4.69) is 33.9 Å². The third-order valence-corrected chi connectivity index (χ3v) is 11.7. The second kappa shape index (κ2) is 17.2. The number of aryl methyl sites for hydroxylation is 1. The van der Waals surface area contributed by atoms with Crippen molar-refractivity contribution in [3.63, 3.8) is 0 Å². The number of benzene rings is 2. The lowest BCUT2D eigenvalue weighted by Crippen LogP contribution is -2.60. The number of anilines is 2. The summed E-state index contributed by atoms with van der Waals surface area (Å²) in [6, 6.07) is 15.4. The molecule has 312 valence electrons. The summed E-state index contributed by atoms with van der Waals surface area (Å²) in [6.07, 6.45) is -1.54. The van der Waals surface area contributed by atoms with Gasteiger partial charge in [-0.15, -0.1) is 0 Å². The number of piperidine rings is 1. The van der Waals surface area contributed by atoms with Crippen LogP contribution in [-0.4, -0.2) is 93.8 Å². The summed E-state index contributed by atoms with van der Waals surface area (Å²) >= 11 is 5.70. The number of nitrogens with one attached hydrogen (secondary N) is 1. The van der Waals surface area contributed by atoms with Crippen molar-refractivity contribution >= 4 is 52.2 Å². The van der Waals surface area contributed by atoms with Gasteiger partial charge in [0, 0.05) is 56.2 Å². The molecule has 3 aliphatic rings. The number of alkyl halides is 3. The van der Waals surface area contributed by atoms with Crippen LogP contribution in [0.15, 0.2) is 54.7 Å². The predicted octanol–water partition coefficient (Wildman–Crippen LogP) is 5.63. The molecule has 12 nitrogen and oxygen atoms in total. The summed E-state index contributed by atoms with van der Waals surface area (Å²) in [7, 11) is 0. The van der Waals surface area contributed by atoms with Gasteiger partial charge in [0.15, 0.2) is 16.6 Å². The number of thiocarbonyl (C=S) groups is 1. The molecule has 1 unspecified atom stereocenters. The first-order chi connectivity index (χ1) is 27.8. The maximum atomic E-state index is 13.8. The van der Waals surface area contributed by atoms with Gasteiger partial charge in [0.25, 0.3) is 5.91 Å². The molecule has 2 aromatic carbocycles. The minimum atomic E-state index is -4.86. The number of piperazine rings is 1. The Morgan fingerprint density at radius 2 is 1.80 bits per heavy atom. The smallest absolute Gasteiger partial charge is 0.419 e. The van der Waals surface area contributed by atoms with Gasteiger partial charge in [-0.25, -0.2) is 4.98 Å². The highest BCUT2D eigenvalue weighted by atomic mass is 32.1. The molecular weight excluding hydrogens is 784 g/mol. The molecule has 6 rings (SSSR count). The minimum absolute atomic E-state index is 0.0185. The maximum absolute atomic E-state index is 13.8. The Bertz CT molecular complexity index is 2200. The van der Waals surface area contributed by atoms with E-state index in [0.29, 0.717) is 69.8 Å². The fraction of sp³-hybridized carbons (Fsp3) is 0.465. The molecule has 1 N–H and O–H groups in total. The van der Waals surface area contributed by atoms with E-state index < -0.39 is 28.9 Å². The standard InChI is InChI=1S/C43H48F3N7O5S/c1-6-29-21-31(53-40(59)52(39(57)42(53,4)5)32-22-34(43(44,45)46)35(23-47)48-24-32)11-12-36(29)58-17-16-50-14-15-51(41(2,3)26-50)25-33(54)20-28-9-7-8-27(18-28)19-30-10-13-37(55)49-38(30)56/h7-9,11-12,18,21-22,24,30H,6,10,13-17,19-20,25-26H2,1-5H3,(H,49,55,56). The molecule has 0 aliphatic carbocycles. The number of hydrogen-bond acceptors (Lipinski definition) is 10. The molecule has 0 saturated carbocycles. The van der Waals surface area contributed by atoms with E-state index in [9.17, 15) is 37.6 Å². The molecule has 0 radical (unpaired) electrons. The number of pyridine rings is 1. The Labute approximate surface area is 347 Å². The van der Waals surface area contributed by atoms with Crippen molar-refractivity contribution in [3.05, 3.63) is 82.7 Å². The van der Waals surface area contributed by atoms with E-state index in [1.807, 2.05) is 43.3 Å². The summed E-state index contributed by atoms with van der Waals surface area (Å²) in [6.45, 7) is 13.1. The molecule has 16 heteroatoms. The van der Waals surface area contributed by atoms with Crippen molar-refractivity contribution < 1.29 is 37.1 Å².